The molecule has 190 valence electrons. The number of halogens is 4. The fourth-order valence-corrected chi connectivity index (χ4v) is 4.88. The molecule has 1 fully saturated rings. The molecule has 0 saturated carbocycles. The lowest BCUT2D eigenvalue weighted by Gasteiger charge is -2.18. The van der Waals surface area contributed by atoms with Crippen LogP contribution in [-0.2, 0) is 6.54 Å². The minimum absolute atomic E-state index is 0.102. The Bertz CT molecular complexity index is 1670. The first-order valence-electron chi connectivity index (χ1n) is 11.6. The second-order valence-corrected chi connectivity index (χ2v) is 8.99. The molecular weight excluding hydrogens is 492 g/mol. The number of nitrogens with one attached hydrogen (secondary N) is 1. The molecule has 0 radical (unpaired) electrons. The Morgan fingerprint density at radius 3 is 2.76 bits per heavy atom. The zero-order chi connectivity index (χ0) is 25.7. The van der Waals surface area contributed by atoms with Crippen molar-refractivity contribution in [1.29, 1.82) is 0 Å². The normalized spacial score (nSPS) is 16.8. The summed E-state index contributed by atoms with van der Waals surface area (Å²) in [5.41, 5.74) is 1.57. The number of pyridine rings is 1. The van der Waals surface area contributed by atoms with E-state index in [1.165, 1.54) is 21.7 Å². The molecule has 1 unspecified atom stereocenters. The summed E-state index contributed by atoms with van der Waals surface area (Å²) >= 11 is 0. The van der Waals surface area contributed by atoms with Crippen molar-refractivity contribution in [1.82, 2.24) is 39.2 Å². The molecule has 1 atom stereocenters. The highest BCUT2D eigenvalue weighted by Gasteiger charge is 2.35. The lowest BCUT2D eigenvalue weighted by molar-refractivity contribution is -0.143. The smallest absolute Gasteiger partial charge is 0.293 e. The maximum atomic E-state index is 14.3. The number of hydrogen-bond donors (Lipinski definition) is 1. The van der Waals surface area contributed by atoms with Crippen LogP contribution in [0.5, 0.6) is 0 Å². The van der Waals surface area contributed by atoms with E-state index in [9.17, 15) is 22.4 Å². The van der Waals surface area contributed by atoms with E-state index in [2.05, 4.69) is 25.0 Å². The summed E-state index contributed by atoms with van der Waals surface area (Å²) in [7, 11) is 0. The number of nitrogens with zero attached hydrogens (tertiary/aromatic N) is 7. The van der Waals surface area contributed by atoms with Crippen LogP contribution in [0.4, 0.5) is 17.6 Å². The zero-order valence-corrected chi connectivity index (χ0v) is 19.3. The molecule has 37 heavy (non-hydrogen) atoms. The van der Waals surface area contributed by atoms with Gasteiger partial charge >= 0.3 is 11.9 Å². The maximum Gasteiger partial charge on any atom is 0.401 e. The van der Waals surface area contributed by atoms with Crippen molar-refractivity contribution in [3.05, 3.63) is 70.7 Å². The fraction of sp³-hybridized carbons (Fsp3) is 0.292. The third-order valence-corrected chi connectivity index (χ3v) is 6.49. The Morgan fingerprint density at radius 2 is 1.95 bits per heavy atom. The minimum Gasteiger partial charge on any atom is -0.293 e. The van der Waals surface area contributed by atoms with E-state index in [4.69, 9.17) is 0 Å². The number of imidazole rings is 1. The molecule has 1 saturated heterocycles. The molecule has 0 amide bonds. The lowest BCUT2D eigenvalue weighted by atomic mass is 10.2. The van der Waals surface area contributed by atoms with Gasteiger partial charge in [-0.05, 0) is 24.6 Å². The van der Waals surface area contributed by atoms with Gasteiger partial charge in [-0.3, -0.25) is 14.5 Å². The third-order valence-electron chi connectivity index (χ3n) is 6.49. The number of hydrogen-bond acceptors (Lipinski definition) is 6. The predicted octanol–water partition coefficient (Wildman–Crippen LogP) is 3.53. The maximum absolute atomic E-state index is 14.3. The van der Waals surface area contributed by atoms with Gasteiger partial charge in [0.1, 0.15) is 17.0 Å². The molecule has 1 aliphatic rings. The molecule has 1 N–H and O–H groups in total. The molecule has 0 spiro atoms. The second-order valence-electron chi connectivity index (χ2n) is 8.99. The fourth-order valence-electron chi connectivity index (χ4n) is 4.88. The Morgan fingerprint density at radius 1 is 1.11 bits per heavy atom. The second kappa shape index (κ2) is 8.76. The SMILES string of the molecule is O=c1[nH]c2nc(-c3nn(Cc4ccccc4F)c4ncccc34)ncc2n1C1CCN(CC(F)(F)F)C1. The Labute approximate surface area is 206 Å². The van der Waals surface area contributed by atoms with Gasteiger partial charge in [-0.15, -0.1) is 0 Å². The number of likely N-dealkylation sites (tertiary alicyclic amines) is 1. The molecule has 5 heterocycles. The van der Waals surface area contributed by atoms with Crippen LogP contribution in [0.15, 0.2) is 53.6 Å². The summed E-state index contributed by atoms with van der Waals surface area (Å²) in [5.74, 6) is -0.128. The Balaban J connectivity index is 1.36. The van der Waals surface area contributed by atoms with E-state index in [0.29, 0.717) is 34.2 Å². The third kappa shape index (κ3) is 4.35. The molecule has 9 nitrogen and oxygen atoms in total. The molecule has 1 aromatic carbocycles. The van der Waals surface area contributed by atoms with Crippen LogP contribution in [0.3, 0.4) is 0 Å². The summed E-state index contributed by atoms with van der Waals surface area (Å²) in [4.78, 5) is 30.1. The van der Waals surface area contributed by atoms with Crippen LogP contribution in [-0.4, -0.2) is 65.0 Å². The summed E-state index contributed by atoms with van der Waals surface area (Å²) in [6, 6.07) is 9.51. The van der Waals surface area contributed by atoms with E-state index in [-0.39, 0.29) is 36.9 Å². The molecule has 1 aliphatic heterocycles. The van der Waals surface area contributed by atoms with Crippen LogP contribution in [0.2, 0.25) is 0 Å². The summed E-state index contributed by atoms with van der Waals surface area (Å²) in [6.45, 7) is -0.533. The Hall–Kier alpha value is -4.13. The molecule has 0 bridgehead atoms. The monoisotopic (exact) mass is 512 g/mol. The number of alkyl halides is 3. The number of rotatable bonds is 5. The van der Waals surface area contributed by atoms with Crippen LogP contribution < -0.4 is 5.69 Å². The highest BCUT2D eigenvalue weighted by Crippen LogP contribution is 2.29. The van der Waals surface area contributed by atoms with Crippen molar-refractivity contribution < 1.29 is 17.6 Å². The standard InChI is InChI=1S/C24H20F4N8O/c25-17-6-2-1-4-14(17)11-35-22-16(5-3-8-29-22)19(33-35)21-30-10-18-20(31-21)32-23(37)36(18)15-7-9-34(12-15)13-24(26,27)28/h1-6,8,10,15H,7,9,11-13H2,(H,30,31,32,37). The summed E-state index contributed by atoms with van der Waals surface area (Å²) in [6.07, 6.45) is -0.816. The van der Waals surface area contributed by atoms with E-state index < -0.39 is 24.5 Å². The summed E-state index contributed by atoms with van der Waals surface area (Å²) in [5, 5.41) is 5.26. The van der Waals surface area contributed by atoms with Gasteiger partial charge in [-0.1, -0.05) is 18.2 Å². The van der Waals surface area contributed by atoms with Gasteiger partial charge in [0, 0.05) is 24.8 Å². The average Bonchev–Trinajstić information content (AvgIpc) is 3.54. The van der Waals surface area contributed by atoms with Gasteiger partial charge in [0.15, 0.2) is 17.1 Å². The van der Waals surface area contributed by atoms with Gasteiger partial charge in [0.05, 0.1) is 30.7 Å². The van der Waals surface area contributed by atoms with E-state index in [1.54, 1.807) is 41.2 Å². The van der Waals surface area contributed by atoms with Gasteiger partial charge < -0.3 is 0 Å². The quantitative estimate of drug-likeness (QED) is 0.362. The van der Waals surface area contributed by atoms with E-state index in [1.807, 2.05) is 0 Å². The molecule has 5 aromatic rings. The lowest BCUT2D eigenvalue weighted by Crippen LogP contribution is -2.33. The summed E-state index contributed by atoms with van der Waals surface area (Å²) < 4.78 is 55.7. The van der Waals surface area contributed by atoms with Crippen LogP contribution in [0.25, 0.3) is 33.7 Å². The average molecular weight is 512 g/mol. The molecular formula is C24H20F4N8O. The molecule has 0 aliphatic carbocycles. The van der Waals surface area contributed by atoms with Crippen molar-refractivity contribution in [2.24, 2.45) is 0 Å². The number of aromatic amines is 1. The van der Waals surface area contributed by atoms with Crippen molar-refractivity contribution in [2.45, 2.75) is 25.2 Å². The zero-order valence-electron chi connectivity index (χ0n) is 19.3. The van der Waals surface area contributed by atoms with Crippen molar-refractivity contribution in [3.63, 3.8) is 0 Å². The number of aromatic nitrogens is 7. The van der Waals surface area contributed by atoms with Crippen molar-refractivity contribution in [3.8, 4) is 11.5 Å². The van der Waals surface area contributed by atoms with Gasteiger partial charge in [-0.25, -0.2) is 28.8 Å². The predicted molar refractivity (Wildman–Crippen MR) is 126 cm³/mol. The van der Waals surface area contributed by atoms with Crippen molar-refractivity contribution in [2.75, 3.05) is 19.6 Å². The number of benzene rings is 1. The van der Waals surface area contributed by atoms with Crippen LogP contribution in [0.1, 0.15) is 18.0 Å². The van der Waals surface area contributed by atoms with Crippen LogP contribution >= 0.6 is 0 Å². The van der Waals surface area contributed by atoms with Gasteiger partial charge in [-0.2, -0.15) is 18.3 Å². The highest BCUT2D eigenvalue weighted by molar-refractivity contribution is 5.90. The number of H-pyrrole nitrogens is 1. The molecule has 4 aromatic heterocycles. The van der Waals surface area contributed by atoms with E-state index >= 15 is 0 Å². The number of fused-ring (bicyclic) bond motifs is 2. The van der Waals surface area contributed by atoms with Crippen LogP contribution in [0, 0.1) is 5.82 Å². The van der Waals surface area contributed by atoms with E-state index in [0.717, 1.165) is 0 Å². The highest BCUT2D eigenvalue weighted by atomic mass is 19.4. The first-order chi connectivity index (χ1) is 17.8. The molecule has 6 rings (SSSR count). The first-order valence-corrected chi connectivity index (χ1v) is 11.6. The molecule has 13 heteroatoms. The van der Waals surface area contributed by atoms with Gasteiger partial charge in [0.25, 0.3) is 0 Å². The van der Waals surface area contributed by atoms with Crippen molar-refractivity contribution >= 4 is 22.2 Å². The van der Waals surface area contributed by atoms with Gasteiger partial charge in [0.2, 0.25) is 0 Å². The first kappa shape index (κ1) is 23.3. The largest absolute Gasteiger partial charge is 0.401 e. The Kier molecular flexibility index (Phi) is 5.51. The minimum atomic E-state index is -4.30. The topological polar surface area (TPSA) is 97.5 Å².